The molecular weight excluding hydrogens is 256 g/mol. The fraction of sp³-hybridized carbons (Fsp3) is 0.867. The summed E-state index contributed by atoms with van der Waals surface area (Å²) in [6.07, 6.45) is 4.50. The van der Waals surface area contributed by atoms with Crippen LogP contribution in [-0.2, 0) is 4.79 Å². The maximum atomic E-state index is 12.7. The van der Waals surface area contributed by atoms with Crippen molar-refractivity contribution < 1.29 is 14.7 Å². The zero-order valence-electron chi connectivity index (χ0n) is 13.3. The molecule has 2 unspecified atom stereocenters. The maximum absolute atomic E-state index is 12.7. The number of rotatable bonds is 4. The first-order valence-electron chi connectivity index (χ1n) is 7.51. The van der Waals surface area contributed by atoms with Gasteiger partial charge < -0.3 is 14.9 Å². The number of nitrogens with zero attached hydrogens (tertiary/aromatic N) is 2. The largest absolute Gasteiger partial charge is 0.480 e. The number of hydrogen-bond acceptors (Lipinski definition) is 2. The fourth-order valence-corrected chi connectivity index (χ4v) is 3.09. The summed E-state index contributed by atoms with van der Waals surface area (Å²) in [7, 11) is 1.80. The smallest absolute Gasteiger partial charge is 0.329 e. The number of likely N-dealkylation sites (N-methyl/N-ethyl adjacent to an activating group) is 1. The van der Waals surface area contributed by atoms with Crippen molar-refractivity contribution in [2.45, 2.75) is 65.0 Å². The minimum Gasteiger partial charge on any atom is -0.480 e. The fourth-order valence-electron chi connectivity index (χ4n) is 3.09. The zero-order chi connectivity index (χ0) is 15.5. The van der Waals surface area contributed by atoms with Crippen molar-refractivity contribution in [1.82, 2.24) is 9.80 Å². The lowest BCUT2D eigenvalue weighted by molar-refractivity contribution is -0.147. The van der Waals surface area contributed by atoms with E-state index in [1.54, 1.807) is 25.8 Å². The number of aliphatic carboxylic acids is 1. The van der Waals surface area contributed by atoms with E-state index in [4.69, 9.17) is 0 Å². The van der Waals surface area contributed by atoms with Crippen molar-refractivity contribution in [2.24, 2.45) is 5.92 Å². The molecule has 1 fully saturated rings. The van der Waals surface area contributed by atoms with Crippen molar-refractivity contribution in [3.63, 3.8) is 0 Å². The number of carbonyl (C=O) groups is 2. The van der Waals surface area contributed by atoms with E-state index in [2.05, 4.69) is 6.92 Å². The lowest BCUT2D eigenvalue weighted by Crippen LogP contribution is -2.58. The monoisotopic (exact) mass is 284 g/mol. The SMILES string of the molecule is CCN(C(=O)N(C)C1CCCCC1C)C(C)(C)C(=O)O. The topological polar surface area (TPSA) is 60.9 Å². The van der Waals surface area contributed by atoms with Gasteiger partial charge in [-0.25, -0.2) is 9.59 Å². The molecule has 1 N–H and O–H groups in total. The molecule has 0 aliphatic heterocycles. The Kier molecular flexibility index (Phi) is 5.42. The standard InChI is InChI=1S/C15H28N2O3/c1-6-17(15(3,4)13(18)19)14(20)16(5)12-10-8-7-9-11(12)2/h11-12H,6-10H2,1-5H3,(H,18,19). The van der Waals surface area contributed by atoms with Gasteiger partial charge in [-0.2, -0.15) is 0 Å². The van der Waals surface area contributed by atoms with Gasteiger partial charge in [-0.15, -0.1) is 0 Å². The molecule has 116 valence electrons. The molecular formula is C15H28N2O3. The summed E-state index contributed by atoms with van der Waals surface area (Å²) in [4.78, 5) is 27.2. The van der Waals surface area contributed by atoms with Crippen LogP contribution in [0.15, 0.2) is 0 Å². The molecule has 5 heteroatoms. The Labute approximate surface area is 121 Å². The minimum absolute atomic E-state index is 0.182. The van der Waals surface area contributed by atoms with E-state index in [1.165, 1.54) is 11.3 Å². The number of carboxylic acid groups (broad SMARTS) is 1. The van der Waals surface area contributed by atoms with Crippen molar-refractivity contribution in [2.75, 3.05) is 13.6 Å². The Hall–Kier alpha value is -1.26. The first kappa shape index (κ1) is 16.8. The Balaban J connectivity index is 2.87. The third-order valence-electron chi connectivity index (χ3n) is 4.61. The predicted octanol–water partition coefficient (Wildman–Crippen LogP) is 2.80. The zero-order valence-corrected chi connectivity index (χ0v) is 13.3. The molecule has 1 aliphatic rings. The van der Waals surface area contributed by atoms with Crippen molar-refractivity contribution in [1.29, 1.82) is 0 Å². The molecule has 1 rings (SSSR count). The second-order valence-electron chi connectivity index (χ2n) is 6.33. The van der Waals surface area contributed by atoms with Gasteiger partial charge in [-0.05, 0) is 39.5 Å². The molecule has 1 saturated carbocycles. The van der Waals surface area contributed by atoms with Crippen LogP contribution in [0, 0.1) is 5.92 Å². The van der Waals surface area contributed by atoms with E-state index < -0.39 is 11.5 Å². The highest BCUT2D eigenvalue weighted by Crippen LogP contribution is 2.29. The molecule has 1 aliphatic carbocycles. The third kappa shape index (κ3) is 3.25. The number of carboxylic acids is 1. The van der Waals surface area contributed by atoms with E-state index >= 15 is 0 Å². The Bertz CT molecular complexity index is 368. The minimum atomic E-state index is -1.18. The second-order valence-corrected chi connectivity index (χ2v) is 6.33. The third-order valence-corrected chi connectivity index (χ3v) is 4.61. The van der Waals surface area contributed by atoms with Gasteiger partial charge in [0.15, 0.2) is 0 Å². The predicted molar refractivity (Wildman–Crippen MR) is 78.7 cm³/mol. The Morgan fingerprint density at radius 3 is 2.25 bits per heavy atom. The summed E-state index contributed by atoms with van der Waals surface area (Å²) in [6.45, 7) is 7.54. The molecule has 0 heterocycles. The average Bonchev–Trinajstić information content (AvgIpc) is 2.38. The number of amides is 2. The summed E-state index contributed by atoms with van der Waals surface area (Å²) in [5, 5.41) is 9.32. The second kappa shape index (κ2) is 6.46. The molecule has 0 aromatic rings. The number of carbonyl (C=O) groups excluding carboxylic acids is 1. The van der Waals surface area contributed by atoms with Crippen LogP contribution < -0.4 is 0 Å². The van der Waals surface area contributed by atoms with Crippen LogP contribution in [0.5, 0.6) is 0 Å². The molecule has 2 amide bonds. The highest BCUT2D eigenvalue weighted by molar-refractivity contribution is 5.85. The molecule has 5 nitrogen and oxygen atoms in total. The summed E-state index contributed by atoms with van der Waals surface area (Å²) < 4.78 is 0. The van der Waals surface area contributed by atoms with Gasteiger partial charge in [-0.1, -0.05) is 19.8 Å². The van der Waals surface area contributed by atoms with Gasteiger partial charge in [-0.3, -0.25) is 0 Å². The van der Waals surface area contributed by atoms with E-state index in [9.17, 15) is 14.7 Å². The van der Waals surface area contributed by atoms with E-state index in [0.29, 0.717) is 12.5 Å². The molecule has 20 heavy (non-hydrogen) atoms. The van der Waals surface area contributed by atoms with Crippen LogP contribution in [0.1, 0.15) is 53.4 Å². The van der Waals surface area contributed by atoms with Crippen molar-refractivity contribution >= 4 is 12.0 Å². The number of hydrogen-bond donors (Lipinski definition) is 1. The molecule has 0 bridgehead atoms. The average molecular weight is 284 g/mol. The lowest BCUT2D eigenvalue weighted by atomic mass is 9.85. The summed E-state index contributed by atoms with van der Waals surface area (Å²) >= 11 is 0. The van der Waals surface area contributed by atoms with Crippen molar-refractivity contribution in [3.8, 4) is 0 Å². The first-order valence-corrected chi connectivity index (χ1v) is 7.51. The summed E-state index contributed by atoms with van der Waals surface area (Å²) in [5.41, 5.74) is -1.18. The summed E-state index contributed by atoms with van der Waals surface area (Å²) in [6, 6.07) is 0.0357. The van der Waals surface area contributed by atoms with Gasteiger partial charge in [0.2, 0.25) is 0 Å². The Morgan fingerprint density at radius 1 is 1.25 bits per heavy atom. The van der Waals surface area contributed by atoms with Crippen LogP contribution in [0.4, 0.5) is 4.79 Å². The first-order chi connectivity index (χ1) is 9.23. The highest BCUT2D eigenvalue weighted by Gasteiger charge is 2.40. The molecule has 0 aromatic carbocycles. The number of urea groups is 1. The normalized spacial score (nSPS) is 23.2. The van der Waals surface area contributed by atoms with Gasteiger partial charge in [0.25, 0.3) is 0 Å². The van der Waals surface area contributed by atoms with E-state index in [0.717, 1.165) is 19.3 Å². The molecule has 0 spiro atoms. The van der Waals surface area contributed by atoms with Gasteiger partial charge in [0.1, 0.15) is 5.54 Å². The Morgan fingerprint density at radius 2 is 1.80 bits per heavy atom. The van der Waals surface area contributed by atoms with Crippen LogP contribution in [0.2, 0.25) is 0 Å². The van der Waals surface area contributed by atoms with Crippen LogP contribution >= 0.6 is 0 Å². The molecule has 0 radical (unpaired) electrons. The van der Waals surface area contributed by atoms with Crippen LogP contribution in [0.3, 0.4) is 0 Å². The van der Waals surface area contributed by atoms with Crippen LogP contribution in [0.25, 0.3) is 0 Å². The van der Waals surface area contributed by atoms with E-state index in [-0.39, 0.29) is 12.1 Å². The maximum Gasteiger partial charge on any atom is 0.329 e. The van der Waals surface area contributed by atoms with Gasteiger partial charge >= 0.3 is 12.0 Å². The van der Waals surface area contributed by atoms with Gasteiger partial charge in [0.05, 0.1) is 0 Å². The lowest BCUT2D eigenvalue weighted by Gasteiger charge is -2.42. The van der Waals surface area contributed by atoms with E-state index in [1.807, 2.05) is 6.92 Å². The van der Waals surface area contributed by atoms with Crippen molar-refractivity contribution in [3.05, 3.63) is 0 Å². The highest BCUT2D eigenvalue weighted by atomic mass is 16.4. The molecule has 0 aromatic heterocycles. The molecule has 2 atom stereocenters. The molecule has 0 saturated heterocycles. The quantitative estimate of drug-likeness (QED) is 0.863. The summed E-state index contributed by atoms with van der Waals surface area (Å²) in [5.74, 6) is -0.498. The van der Waals surface area contributed by atoms with Gasteiger partial charge in [0, 0.05) is 19.6 Å². The van der Waals surface area contributed by atoms with Crippen LogP contribution in [-0.4, -0.2) is 52.1 Å².